The maximum Gasteiger partial charge on any atom is 0.234 e. The molecule has 1 aliphatic rings. The van der Waals surface area contributed by atoms with Gasteiger partial charge in [0.05, 0.1) is 12.1 Å². The molecular weight excluding hydrogens is 180 g/mol. The van der Waals surface area contributed by atoms with Crippen LogP contribution in [0, 0.1) is 0 Å². The number of hydrogen-bond donors (Lipinski definition) is 2. The van der Waals surface area contributed by atoms with Crippen LogP contribution in [0.4, 0.5) is 0 Å². The van der Waals surface area contributed by atoms with Crippen molar-refractivity contribution >= 4 is 5.91 Å². The molecule has 0 bridgehead atoms. The van der Waals surface area contributed by atoms with Gasteiger partial charge in [-0.2, -0.15) is 0 Å². The second-order valence-electron chi connectivity index (χ2n) is 4.07. The van der Waals surface area contributed by atoms with Crippen molar-refractivity contribution in [2.75, 3.05) is 26.2 Å². The summed E-state index contributed by atoms with van der Waals surface area (Å²) in [6.45, 7) is 6.33. The molecule has 0 saturated carbocycles. The molecule has 0 aromatic heterocycles. The summed E-state index contributed by atoms with van der Waals surface area (Å²) >= 11 is 0. The monoisotopic (exact) mass is 200 g/mol. The SMILES string of the molecule is CCCC1(O)CN(CC(=O)NCC)C1. The zero-order valence-corrected chi connectivity index (χ0v) is 9.05. The first-order chi connectivity index (χ1) is 6.59. The van der Waals surface area contributed by atoms with Crippen molar-refractivity contribution in [2.45, 2.75) is 32.3 Å². The van der Waals surface area contributed by atoms with E-state index in [9.17, 15) is 9.90 Å². The van der Waals surface area contributed by atoms with Gasteiger partial charge in [-0.25, -0.2) is 0 Å². The minimum absolute atomic E-state index is 0.0473. The van der Waals surface area contributed by atoms with E-state index in [1.165, 1.54) is 0 Å². The standard InChI is InChI=1S/C10H20N2O2/c1-3-5-10(14)7-12(8-10)6-9(13)11-4-2/h14H,3-8H2,1-2H3,(H,11,13). The van der Waals surface area contributed by atoms with E-state index in [4.69, 9.17) is 0 Å². The summed E-state index contributed by atoms with van der Waals surface area (Å²) in [7, 11) is 0. The molecule has 0 aromatic carbocycles. The highest BCUT2D eigenvalue weighted by atomic mass is 16.3. The van der Waals surface area contributed by atoms with Gasteiger partial charge in [-0.3, -0.25) is 9.69 Å². The molecule has 1 rings (SSSR count). The van der Waals surface area contributed by atoms with E-state index >= 15 is 0 Å². The second-order valence-corrected chi connectivity index (χ2v) is 4.07. The van der Waals surface area contributed by atoms with Gasteiger partial charge < -0.3 is 10.4 Å². The minimum atomic E-state index is -0.527. The number of carbonyl (C=O) groups is 1. The molecule has 4 heteroatoms. The van der Waals surface area contributed by atoms with Crippen LogP contribution in [0.5, 0.6) is 0 Å². The van der Waals surface area contributed by atoms with Gasteiger partial charge >= 0.3 is 0 Å². The third kappa shape index (κ3) is 2.96. The number of rotatable bonds is 5. The Hall–Kier alpha value is -0.610. The molecule has 1 aliphatic heterocycles. The first kappa shape index (κ1) is 11.5. The largest absolute Gasteiger partial charge is 0.387 e. The van der Waals surface area contributed by atoms with Crippen LogP contribution in [0.15, 0.2) is 0 Å². The molecule has 0 spiro atoms. The molecule has 1 amide bonds. The summed E-state index contributed by atoms with van der Waals surface area (Å²) < 4.78 is 0. The lowest BCUT2D eigenvalue weighted by atomic mass is 9.89. The van der Waals surface area contributed by atoms with Crippen molar-refractivity contribution in [3.63, 3.8) is 0 Å². The van der Waals surface area contributed by atoms with Crippen molar-refractivity contribution in [1.29, 1.82) is 0 Å². The molecule has 4 nitrogen and oxygen atoms in total. The summed E-state index contributed by atoms with van der Waals surface area (Å²) in [6.07, 6.45) is 1.82. The molecule has 0 unspecified atom stereocenters. The highest BCUT2D eigenvalue weighted by molar-refractivity contribution is 5.78. The predicted octanol–water partition coefficient (Wildman–Crippen LogP) is -0.0307. The van der Waals surface area contributed by atoms with E-state index in [0.29, 0.717) is 26.2 Å². The zero-order chi connectivity index (χ0) is 10.6. The summed E-state index contributed by atoms with van der Waals surface area (Å²) in [5, 5.41) is 12.6. The number of amides is 1. The van der Waals surface area contributed by atoms with E-state index in [1.807, 2.05) is 11.8 Å². The van der Waals surface area contributed by atoms with Crippen LogP contribution in [-0.4, -0.2) is 47.7 Å². The number of aliphatic hydroxyl groups is 1. The Kier molecular flexibility index (Phi) is 3.89. The van der Waals surface area contributed by atoms with Crippen LogP contribution in [0.2, 0.25) is 0 Å². The fourth-order valence-corrected chi connectivity index (χ4v) is 1.98. The minimum Gasteiger partial charge on any atom is -0.387 e. The number of carbonyl (C=O) groups excluding carboxylic acids is 1. The van der Waals surface area contributed by atoms with E-state index in [-0.39, 0.29) is 5.91 Å². The number of nitrogens with one attached hydrogen (secondary N) is 1. The van der Waals surface area contributed by atoms with E-state index in [2.05, 4.69) is 12.2 Å². The Morgan fingerprint density at radius 3 is 2.64 bits per heavy atom. The molecule has 0 aliphatic carbocycles. The third-order valence-electron chi connectivity index (χ3n) is 2.49. The van der Waals surface area contributed by atoms with Gasteiger partial charge in [0.1, 0.15) is 0 Å². The van der Waals surface area contributed by atoms with E-state index in [1.54, 1.807) is 0 Å². The van der Waals surface area contributed by atoms with E-state index in [0.717, 1.165) is 12.8 Å². The first-order valence-corrected chi connectivity index (χ1v) is 5.31. The Labute approximate surface area is 85.3 Å². The maximum absolute atomic E-state index is 11.2. The maximum atomic E-state index is 11.2. The van der Waals surface area contributed by atoms with Gasteiger partial charge in [0.15, 0.2) is 0 Å². The third-order valence-corrected chi connectivity index (χ3v) is 2.49. The van der Waals surface area contributed by atoms with Crippen LogP contribution >= 0.6 is 0 Å². The van der Waals surface area contributed by atoms with Gasteiger partial charge in [0.2, 0.25) is 5.91 Å². The van der Waals surface area contributed by atoms with Crippen LogP contribution in [-0.2, 0) is 4.79 Å². The molecule has 82 valence electrons. The van der Waals surface area contributed by atoms with Gasteiger partial charge in [0, 0.05) is 19.6 Å². The fourth-order valence-electron chi connectivity index (χ4n) is 1.98. The second kappa shape index (κ2) is 4.75. The molecule has 0 aromatic rings. The summed E-state index contributed by atoms with van der Waals surface area (Å²) in [5.41, 5.74) is -0.527. The highest BCUT2D eigenvalue weighted by Gasteiger charge is 2.40. The quantitative estimate of drug-likeness (QED) is 0.655. The van der Waals surface area contributed by atoms with Gasteiger partial charge in [-0.05, 0) is 13.3 Å². The Morgan fingerprint density at radius 1 is 1.50 bits per heavy atom. The normalized spacial score (nSPS) is 20.2. The lowest BCUT2D eigenvalue weighted by Gasteiger charge is -2.46. The van der Waals surface area contributed by atoms with Crippen molar-refractivity contribution in [3.05, 3.63) is 0 Å². The molecule has 0 radical (unpaired) electrons. The zero-order valence-electron chi connectivity index (χ0n) is 9.05. The summed E-state index contributed by atoms with van der Waals surface area (Å²) in [5.74, 6) is 0.0473. The lowest BCUT2D eigenvalue weighted by molar-refractivity contribution is -0.133. The Morgan fingerprint density at radius 2 is 2.14 bits per heavy atom. The average Bonchev–Trinajstić information content (AvgIpc) is 2.02. The number of β-amino-alcohol motifs (C(OH)–C–C–N with tert-alkyl or cyclic N) is 1. The molecule has 1 heterocycles. The molecular formula is C10H20N2O2. The van der Waals surface area contributed by atoms with Crippen molar-refractivity contribution in [3.8, 4) is 0 Å². The predicted molar refractivity (Wildman–Crippen MR) is 55.0 cm³/mol. The van der Waals surface area contributed by atoms with Gasteiger partial charge in [-0.15, -0.1) is 0 Å². The Balaban J connectivity index is 2.18. The van der Waals surface area contributed by atoms with Crippen LogP contribution < -0.4 is 5.32 Å². The molecule has 1 fully saturated rings. The van der Waals surface area contributed by atoms with E-state index < -0.39 is 5.60 Å². The fraction of sp³-hybridized carbons (Fsp3) is 0.900. The number of likely N-dealkylation sites (N-methyl/N-ethyl adjacent to an activating group) is 1. The molecule has 0 atom stereocenters. The lowest BCUT2D eigenvalue weighted by Crippen LogP contribution is -2.63. The van der Waals surface area contributed by atoms with Crippen molar-refractivity contribution < 1.29 is 9.90 Å². The highest BCUT2D eigenvalue weighted by Crippen LogP contribution is 2.24. The molecule has 14 heavy (non-hydrogen) atoms. The summed E-state index contributed by atoms with van der Waals surface area (Å²) in [4.78, 5) is 13.2. The average molecular weight is 200 g/mol. The first-order valence-electron chi connectivity index (χ1n) is 5.31. The molecule has 1 saturated heterocycles. The van der Waals surface area contributed by atoms with Gasteiger partial charge in [-0.1, -0.05) is 13.3 Å². The van der Waals surface area contributed by atoms with Crippen LogP contribution in [0.3, 0.4) is 0 Å². The van der Waals surface area contributed by atoms with Crippen molar-refractivity contribution in [1.82, 2.24) is 10.2 Å². The topological polar surface area (TPSA) is 52.6 Å². The van der Waals surface area contributed by atoms with Crippen LogP contribution in [0.1, 0.15) is 26.7 Å². The number of likely N-dealkylation sites (tertiary alicyclic amines) is 1. The van der Waals surface area contributed by atoms with Crippen LogP contribution in [0.25, 0.3) is 0 Å². The van der Waals surface area contributed by atoms with Crippen molar-refractivity contribution in [2.24, 2.45) is 0 Å². The smallest absolute Gasteiger partial charge is 0.234 e. The summed E-state index contributed by atoms with van der Waals surface area (Å²) in [6, 6.07) is 0. The number of nitrogens with zero attached hydrogens (tertiary/aromatic N) is 1. The number of hydrogen-bond acceptors (Lipinski definition) is 3. The van der Waals surface area contributed by atoms with Gasteiger partial charge in [0.25, 0.3) is 0 Å². The molecule has 2 N–H and O–H groups in total. The Bertz CT molecular complexity index is 200.